The smallest absolute Gasteiger partial charge is 0.283 e. The molecule has 0 bridgehead atoms. The summed E-state index contributed by atoms with van der Waals surface area (Å²) in [5.74, 6) is -0.611. The van der Waals surface area contributed by atoms with Crippen LogP contribution in [0.5, 0.6) is 0 Å². The first-order chi connectivity index (χ1) is 5.83. The van der Waals surface area contributed by atoms with Crippen molar-refractivity contribution in [2.24, 2.45) is 0 Å². The minimum absolute atomic E-state index is 0.611. The highest BCUT2D eigenvalue weighted by molar-refractivity contribution is 4.68. The maximum absolute atomic E-state index is 5.26. The van der Waals surface area contributed by atoms with Crippen LogP contribution in [0.2, 0.25) is 0 Å². The summed E-state index contributed by atoms with van der Waals surface area (Å²) in [6.07, 6.45) is 1.95. The highest BCUT2D eigenvalue weighted by atomic mass is 16.9. The number of hydrogen-bond acceptors (Lipinski definition) is 4. The Balaban J connectivity index is 0.000000213. The van der Waals surface area contributed by atoms with Crippen molar-refractivity contribution in [3.63, 3.8) is 0 Å². The quantitative estimate of drug-likeness (QED) is 0.546. The van der Waals surface area contributed by atoms with E-state index in [4.69, 9.17) is 14.2 Å². The lowest BCUT2D eigenvalue weighted by molar-refractivity contribution is -0.307. The average molecular weight is 176 g/mol. The van der Waals surface area contributed by atoms with Gasteiger partial charge in [-0.25, -0.2) is 0 Å². The molecule has 2 aliphatic rings. The first-order valence-corrected chi connectivity index (χ1v) is 4.15. The Labute approximate surface area is 72.7 Å². The van der Waals surface area contributed by atoms with Crippen LogP contribution >= 0.6 is 0 Å². The Morgan fingerprint density at radius 2 is 1.50 bits per heavy atom. The van der Waals surface area contributed by atoms with Gasteiger partial charge >= 0.3 is 0 Å². The maximum atomic E-state index is 5.26. The molecular formula is C8H16O4. The fourth-order valence-electron chi connectivity index (χ4n) is 1.25. The van der Waals surface area contributed by atoms with E-state index >= 15 is 0 Å². The van der Waals surface area contributed by atoms with Gasteiger partial charge in [-0.2, -0.15) is 0 Å². The molecule has 2 rings (SSSR count). The largest absolute Gasteiger partial charge is 0.388 e. The predicted octanol–water partition coefficient (Wildman–Crippen LogP) is 0.760. The monoisotopic (exact) mass is 176 g/mol. The Bertz CT molecular complexity index is 96.7. The second kappa shape index (κ2) is 4.77. The van der Waals surface area contributed by atoms with E-state index in [1.54, 1.807) is 14.2 Å². The van der Waals surface area contributed by atoms with Gasteiger partial charge in [-0.15, -0.1) is 0 Å². The summed E-state index contributed by atoms with van der Waals surface area (Å²) in [6, 6.07) is 0. The third-order valence-electron chi connectivity index (χ3n) is 1.68. The lowest BCUT2D eigenvalue weighted by Crippen LogP contribution is -2.27. The molecule has 72 valence electrons. The Hall–Kier alpha value is -0.160. The van der Waals surface area contributed by atoms with Crippen LogP contribution in [-0.2, 0) is 18.9 Å². The Kier molecular flexibility index (Phi) is 3.94. The molecule has 4 heteroatoms. The molecule has 0 aliphatic carbocycles. The minimum Gasteiger partial charge on any atom is -0.388 e. The summed E-state index contributed by atoms with van der Waals surface area (Å²) < 4.78 is 20.0. The number of hydrogen-bond donors (Lipinski definition) is 0. The molecule has 0 saturated carbocycles. The predicted molar refractivity (Wildman–Crippen MR) is 42.8 cm³/mol. The zero-order valence-corrected chi connectivity index (χ0v) is 7.67. The minimum atomic E-state index is -0.611. The van der Waals surface area contributed by atoms with Gasteiger partial charge in [0.1, 0.15) is 0 Å². The van der Waals surface area contributed by atoms with Gasteiger partial charge in [-0.05, 0) is 6.42 Å². The van der Waals surface area contributed by atoms with Crippen LogP contribution in [0.3, 0.4) is 0 Å². The van der Waals surface area contributed by atoms with E-state index in [1.807, 2.05) is 0 Å². The zero-order valence-electron chi connectivity index (χ0n) is 7.67. The van der Waals surface area contributed by atoms with Gasteiger partial charge in [0.15, 0.2) is 0 Å². The van der Waals surface area contributed by atoms with Crippen molar-refractivity contribution in [1.82, 2.24) is 0 Å². The molecule has 0 unspecified atom stereocenters. The van der Waals surface area contributed by atoms with Crippen LogP contribution < -0.4 is 0 Å². The molecule has 2 saturated heterocycles. The molecule has 12 heavy (non-hydrogen) atoms. The van der Waals surface area contributed by atoms with Crippen molar-refractivity contribution in [1.29, 1.82) is 0 Å². The van der Waals surface area contributed by atoms with Crippen molar-refractivity contribution < 1.29 is 18.9 Å². The number of ether oxygens (including phenoxy) is 4. The van der Waals surface area contributed by atoms with Crippen LogP contribution in [0.15, 0.2) is 0 Å². The third-order valence-corrected chi connectivity index (χ3v) is 1.68. The molecule has 1 spiro atoms. The Morgan fingerprint density at radius 3 is 1.92 bits per heavy atom. The van der Waals surface area contributed by atoms with Crippen molar-refractivity contribution in [2.75, 3.05) is 34.0 Å². The van der Waals surface area contributed by atoms with E-state index in [-0.39, 0.29) is 0 Å². The summed E-state index contributed by atoms with van der Waals surface area (Å²) in [7, 11) is 3.25. The molecule has 0 aromatic heterocycles. The summed E-state index contributed by atoms with van der Waals surface area (Å²) in [6.45, 7) is 2.14. The molecule has 0 amide bonds. The summed E-state index contributed by atoms with van der Waals surface area (Å²) >= 11 is 0. The second-order valence-corrected chi connectivity index (χ2v) is 2.74. The van der Waals surface area contributed by atoms with Gasteiger partial charge < -0.3 is 18.9 Å². The van der Waals surface area contributed by atoms with E-state index in [1.165, 1.54) is 0 Å². The van der Waals surface area contributed by atoms with E-state index < -0.39 is 5.97 Å². The molecule has 2 heterocycles. The topological polar surface area (TPSA) is 36.9 Å². The van der Waals surface area contributed by atoms with Gasteiger partial charge in [0.25, 0.3) is 5.97 Å². The van der Waals surface area contributed by atoms with Gasteiger partial charge in [0.05, 0.1) is 19.8 Å². The zero-order chi connectivity index (χ0) is 8.86. The van der Waals surface area contributed by atoms with Crippen molar-refractivity contribution >= 4 is 0 Å². The first kappa shape index (κ1) is 9.92. The van der Waals surface area contributed by atoms with Gasteiger partial charge in [0.2, 0.25) is 0 Å². The van der Waals surface area contributed by atoms with Crippen molar-refractivity contribution in [3.05, 3.63) is 0 Å². The van der Waals surface area contributed by atoms with E-state index in [0.29, 0.717) is 13.2 Å². The van der Waals surface area contributed by atoms with Crippen LogP contribution in [0.4, 0.5) is 0 Å². The van der Waals surface area contributed by atoms with Gasteiger partial charge in [-0.1, -0.05) is 0 Å². The first-order valence-electron chi connectivity index (χ1n) is 4.15. The Morgan fingerprint density at radius 1 is 1.00 bits per heavy atom. The number of methoxy groups -OCH3 is 1. The number of rotatable bonds is 0. The molecular weight excluding hydrogens is 160 g/mol. The average Bonchev–Trinajstić information content (AvgIpc) is 2.66. The standard InChI is InChI=1S/C6H10O3.C2H6O/c1-2-6(7-3-1)8-4-5-9-6;1-3-2/h1-5H2;1-2H3. The molecule has 0 aromatic carbocycles. The summed E-state index contributed by atoms with van der Waals surface area (Å²) in [5, 5.41) is 0. The van der Waals surface area contributed by atoms with Gasteiger partial charge in [0, 0.05) is 20.6 Å². The van der Waals surface area contributed by atoms with E-state index in [9.17, 15) is 0 Å². The molecule has 0 aromatic rings. The fourth-order valence-corrected chi connectivity index (χ4v) is 1.25. The van der Waals surface area contributed by atoms with Crippen LogP contribution in [0.1, 0.15) is 12.8 Å². The van der Waals surface area contributed by atoms with Gasteiger partial charge in [-0.3, -0.25) is 0 Å². The van der Waals surface area contributed by atoms with E-state index in [2.05, 4.69) is 4.74 Å². The second-order valence-electron chi connectivity index (χ2n) is 2.74. The molecule has 0 radical (unpaired) electrons. The van der Waals surface area contributed by atoms with Crippen molar-refractivity contribution in [3.8, 4) is 0 Å². The molecule has 2 fully saturated rings. The SMILES string of the molecule is C1COC2(C1)OCCO2.COC. The molecule has 0 atom stereocenters. The summed E-state index contributed by atoms with van der Waals surface area (Å²) in [4.78, 5) is 0. The molecule has 2 aliphatic heterocycles. The van der Waals surface area contributed by atoms with Crippen LogP contribution in [0, 0.1) is 0 Å². The lowest BCUT2D eigenvalue weighted by atomic mass is 10.3. The molecule has 4 nitrogen and oxygen atoms in total. The molecule has 0 N–H and O–H groups in total. The maximum Gasteiger partial charge on any atom is 0.283 e. The van der Waals surface area contributed by atoms with E-state index in [0.717, 1.165) is 19.4 Å². The highest BCUT2D eigenvalue weighted by Gasteiger charge is 2.41. The lowest BCUT2D eigenvalue weighted by Gasteiger charge is -2.18. The van der Waals surface area contributed by atoms with Crippen LogP contribution in [-0.4, -0.2) is 40.0 Å². The summed E-state index contributed by atoms with van der Waals surface area (Å²) in [5.41, 5.74) is 0. The van der Waals surface area contributed by atoms with Crippen LogP contribution in [0.25, 0.3) is 0 Å². The normalized spacial score (nSPS) is 25.5. The highest BCUT2D eigenvalue weighted by Crippen LogP contribution is 2.31. The fraction of sp³-hybridized carbons (Fsp3) is 1.00. The van der Waals surface area contributed by atoms with Crippen molar-refractivity contribution in [2.45, 2.75) is 18.8 Å². The third kappa shape index (κ3) is 2.42.